The fourth-order valence-corrected chi connectivity index (χ4v) is 3.22. The number of oxazole rings is 1. The zero-order chi connectivity index (χ0) is 15.4. The standard InChI is InChI=1S/C18H24N2O2/c1-14-17(13-20-11-6-5-9-16(20)10-12-21)19-18(22-14)15-7-3-2-4-8-15/h2-4,7-8,16,21H,5-6,9-13H2,1H3. The number of hydrogen-bond acceptors (Lipinski definition) is 4. The third-order valence-corrected chi connectivity index (χ3v) is 4.48. The Hall–Kier alpha value is -1.65. The van der Waals surface area contributed by atoms with Gasteiger partial charge in [0.25, 0.3) is 0 Å². The summed E-state index contributed by atoms with van der Waals surface area (Å²) in [6.07, 6.45) is 4.50. The number of aliphatic hydroxyl groups is 1. The van der Waals surface area contributed by atoms with Crippen molar-refractivity contribution >= 4 is 0 Å². The van der Waals surface area contributed by atoms with Crippen LogP contribution in [0.15, 0.2) is 34.7 Å². The second-order valence-corrected chi connectivity index (χ2v) is 6.02. The van der Waals surface area contributed by atoms with Crippen LogP contribution in [-0.2, 0) is 6.54 Å². The second kappa shape index (κ2) is 7.07. The number of benzene rings is 1. The number of nitrogens with zero attached hydrogens (tertiary/aromatic N) is 2. The van der Waals surface area contributed by atoms with Crippen molar-refractivity contribution in [2.45, 2.75) is 45.2 Å². The van der Waals surface area contributed by atoms with Gasteiger partial charge in [-0.1, -0.05) is 24.6 Å². The zero-order valence-electron chi connectivity index (χ0n) is 13.2. The molecule has 1 N–H and O–H groups in total. The maximum Gasteiger partial charge on any atom is 0.226 e. The van der Waals surface area contributed by atoms with Crippen molar-refractivity contribution < 1.29 is 9.52 Å². The quantitative estimate of drug-likeness (QED) is 0.919. The number of aliphatic hydroxyl groups excluding tert-OH is 1. The summed E-state index contributed by atoms with van der Waals surface area (Å²) in [5, 5.41) is 9.25. The molecule has 1 aliphatic rings. The van der Waals surface area contributed by atoms with E-state index in [2.05, 4.69) is 4.90 Å². The number of aryl methyl sites for hydroxylation is 1. The lowest BCUT2D eigenvalue weighted by Gasteiger charge is -2.35. The average molecular weight is 300 g/mol. The molecular formula is C18H24N2O2. The molecule has 118 valence electrons. The normalized spacial score (nSPS) is 19.5. The summed E-state index contributed by atoms with van der Waals surface area (Å²) in [5.74, 6) is 1.59. The van der Waals surface area contributed by atoms with E-state index >= 15 is 0 Å². The number of rotatable bonds is 5. The molecule has 1 aromatic carbocycles. The Morgan fingerprint density at radius 2 is 2.09 bits per heavy atom. The van der Waals surface area contributed by atoms with Crippen molar-refractivity contribution in [3.05, 3.63) is 41.8 Å². The van der Waals surface area contributed by atoms with Crippen LogP contribution in [-0.4, -0.2) is 34.2 Å². The van der Waals surface area contributed by atoms with Crippen LogP contribution in [0.1, 0.15) is 37.1 Å². The third-order valence-electron chi connectivity index (χ3n) is 4.48. The van der Waals surface area contributed by atoms with Gasteiger partial charge in [-0.05, 0) is 44.9 Å². The van der Waals surface area contributed by atoms with Crippen molar-refractivity contribution in [1.29, 1.82) is 0 Å². The Balaban J connectivity index is 1.76. The molecule has 0 bridgehead atoms. The lowest BCUT2D eigenvalue weighted by molar-refractivity contribution is 0.111. The molecular weight excluding hydrogens is 276 g/mol. The van der Waals surface area contributed by atoms with Gasteiger partial charge in [-0.25, -0.2) is 4.98 Å². The van der Waals surface area contributed by atoms with E-state index in [0.717, 1.165) is 36.5 Å². The van der Waals surface area contributed by atoms with Gasteiger partial charge in [-0.15, -0.1) is 0 Å². The van der Waals surface area contributed by atoms with Gasteiger partial charge in [0.05, 0.1) is 5.69 Å². The fourth-order valence-electron chi connectivity index (χ4n) is 3.22. The first-order chi connectivity index (χ1) is 10.8. The SMILES string of the molecule is Cc1oc(-c2ccccc2)nc1CN1CCCCC1CCO. The maximum absolute atomic E-state index is 9.25. The molecule has 0 saturated carbocycles. The van der Waals surface area contributed by atoms with Crippen molar-refractivity contribution in [1.82, 2.24) is 9.88 Å². The molecule has 1 saturated heterocycles. The van der Waals surface area contributed by atoms with Crippen LogP contribution in [0.5, 0.6) is 0 Å². The minimum Gasteiger partial charge on any atom is -0.441 e. The third kappa shape index (κ3) is 3.39. The largest absolute Gasteiger partial charge is 0.441 e. The van der Waals surface area contributed by atoms with Gasteiger partial charge in [0.15, 0.2) is 0 Å². The minimum absolute atomic E-state index is 0.258. The first-order valence-corrected chi connectivity index (χ1v) is 8.14. The number of likely N-dealkylation sites (tertiary alicyclic amines) is 1. The second-order valence-electron chi connectivity index (χ2n) is 6.02. The Kier molecular flexibility index (Phi) is 4.90. The molecule has 2 aromatic rings. The van der Waals surface area contributed by atoms with Gasteiger partial charge in [0.2, 0.25) is 5.89 Å². The minimum atomic E-state index is 0.258. The molecule has 0 radical (unpaired) electrons. The highest BCUT2D eigenvalue weighted by molar-refractivity contribution is 5.53. The van der Waals surface area contributed by atoms with Crippen LogP contribution in [0.3, 0.4) is 0 Å². The van der Waals surface area contributed by atoms with E-state index in [9.17, 15) is 5.11 Å². The van der Waals surface area contributed by atoms with Gasteiger partial charge in [-0.2, -0.15) is 0 Å². The molecule has 0 spiro atoms. The number of piperidine rings is 1. The molecule has 3 rings (SSSR count). The Labute approximate surface area is 131 Å². The Morgan fingerprint density at radius 1 is 1.27 bits per heavy atom. The molecule has 1 aromatic heterocycles. The number of aromatic nitrogens is 1. The Bertz CT molecular complexity index is 592. The van der Waals surface area contributed by atoms with Crippen LogP contribution >= 0.6 is 0 Å². The summed E-state index contributed by atoms with van der Waals surface area (Å²) in [4.78, 5) is 7.14. The van der Waals surface area contributed by atoms with E-state index in [1.807, 2.05) is 37.3 Å². The van der Waals surface area contributed by atoms with Gasteiger partial charge in [0, 0.05) is 24.8 Å². The summed E-state index contributed by atoms with van der Waals surface area (Å²) in [7, 11) is 0. The first-order valence-electron chi connectivity index (χ1n) is 8.14. The van der Waals surface area contributed by atoms with Crippen LogP contribution in [0, 0.1) is 6.92 Å². The molecule has 4 nitrogen and oxygen atoms in total. The van der Waals surface area contributed by atoms with Crippen molar-refractivity contribution in [2.24, 2.45) is 0 Å². The van der Waals surface area contributed by atoms with Crippen LogP contribution in [0.4, 0.5) is 0 Å². The van der Waals surface area contributed by atoms with E-state index in [1.165, 1.54) is 19.3 Å². The summed E-state index contributed by atoms with van der Waals surface area (Å²) >= 11 is 0. The summed E-state index contributed by atoms with van der Waals surface area (Å²) in [5.41, 5.74) is 2.03. The smallest absolute Gasteiger partial charge is 0.226 e. The molecule has 1 aliphatic heterocycles. The number of hydrogen-bond donors (Lipinski definition) is 1. The maximum atomic E-state index is 9.25. The van der Waals surface area contributed by atoms with E-state index in [0.29, 0.717) is 11.9 Å². The van der Waals surface area contributed by atoms with Crippen molar-refractivity contribution in [3.63, 3.8) is 0 Å². The topological polar surface area (TPSA) is 49.5 Å². The monoisotopic (exact) mass is 300 g/mol. The van der Waals surface area contributed by atoms with Gasteiger partial charge in [-0.3, -0.25) is 4.90 Å². The van der Waals surface area contributed by atoms with Crippen LogP contribution < -0.4 is 0 Å². The first kappa shape index (κ1) is 15.3. The van der Waals surface area contributed by atoms with E-state index in [-0.39, 0.29) is 6.61 Å². The van der Waals surface area contributed by atoms with Crippen LogP contribution in [0.2, 0.25) is 0 Å². The molecule has 22 heavy (non-hydrogen) atoms. The highest BCUT2D eigenvalue weighted by atomic mass is 16.4. The van der Waals surface area contributed by atoms with Gasteiger partial charge < -0.3 is 9.52 Å². The molecule has 1 unspecified atom stereocenters. The van der Waals surface area contributed by atoms with Crippen molar-refractivity contribution in [2.75, 3.05) is 13.2 Å². The summed E-state index contributed by atoms with van der Waals surface area (Å²) in [6, 6.07) is 10.5. The van der Waals surface area contributed by atoms with E-state index < -0.39 is 0 Å². The average Bonchev–Trinajstić information content (AvgIpc) is 2.91. The summed E-state index contributed by atoms with van der Waals surface area (Å²) in [6.45, 7) is 4.14. The van der Waals surface area contributed by atoms with Gasteiger partial charge in [0.1, 0.15) is 5.76 Å². The predicted octanol–water partition coefficient (Wildman–Crippen LogP) is 3.39. The van der Waals surface area contributed by atoms with E-state index in [4.69, 9.17) is 9.40 Å². The predicted molar refractivity (Wildman–Crippen MR) is 86.4 cm³/mol. The lowest BCUT2D eigenvalue weighted by atomic mass is 9.99. The molecule has 0 amide bonds. The molecule has 2 heterocycles. The Morgan fingerprint density at radius 3 is 2.86 bits per heavy atom. The highest BCUT2D eigenvalue weighted by Crippen LogP contribution is 2.25. The van der Waals surface area contributed by atoms with E-state index in [1.54, 1.807) is 0 Å². The van der Waals surface area contributed by atoms with Crippen LogP contribution in [0.25, 0.3) is 11.5 Å². The molecule has 4 heteroatoms. The van der Waals surface area contributed by atoms with Gasteiger partial charge >= 0.3 is 0 Å². The van der Waals surface area contributed by atoms with Crippen molar-refractivity contribution in [3.8, 4) is 11.5 Å². The lowest BCUT2D eigenvalue weighted by Crippen LogP contribution is -2.39. The molecule has 0 aliphatic carbocycles. The fraction of sp³-hybridized carbons (Fsp3) is 0.500. The molecule has 1 fully saturated rings. The summed E-state index contributed by atoms with van der Waals surface area (Å²) < 4.78 is 5.85. The molecule has 1 atom stereocenters. The highest BCUT2D eigenvalue weighted by Gasteiger charge is 2.24. The zero-order valence-corrected chi connectivity index (χ0v) is 13.2.